The second kappa shape index (κ2) is 7.80. The fraction of sp³-hybridized carbons (Fsp3) is 0.385. The second-order valence-corrected chi connectivity index (χ2v) is 10.6. The maximum absolute atomic E-state index is 15.5. The van der Waals surface area contributed by atoms with Gasteiger partial charge in [-0.25, -0.2) is 4.39 Å². The first-order chi connectivity index (χ1) is 16.3. The van der Waals surface area contributed by atoms with Gasteiger partial charge in [-0.15, -0.1) is 0 Å². The first-order valence-corrected chi connectivity index (χ1v) is 12.4. The Kier molecular flexibility index (Phi) is 5.07. The SMILES string of the molecule is CC(C)c1c2c(nn1C1CCC(O)CC1)C(=O)N1c3c(ccc(Cl)c3F)-c3cc(Cl)ccc3C21. The lowest BCUT2D eigenvalue weighted by atomic mass is 9.85. The molecule has 1 unspecified atom stereocenters. The smallest absolute Gasteiger partial charge is 0.280 e. The van der Waals surface area contributed by atoms with Gasteiger partial charge in [0.2, 0.25) is 0 Å². The molecule has 1 fully saturated rings. The van der Waals surface area contributed by atoms with Crippen LogP contribution in [0.25, 0.3) is 11.1 Å². The van der Waals surface area contributed by atoms with E-state index in [-0.39, 0.29) is 34.7 Å². The number of hydrogen-bond donors (Lipinski definition) is 1. The summed E-state index contributed by atoms with van der Waals surface area (Å²) in [7, 11) is 0. The number of carbonyl (C=O) groups excluding carboxylic acids is 1. The van der Waals surface area contributed by atoms with Crippen molar-refractivity contribution >= 4 is 34.8 Å². The molecular weight excluding hydrogens is 476 g/mol. The number of benzene rings is 2. The second-order valence-electron chi connectivity index (χ2n) is 9.78. The number of amides is 1. The van der Waals surface area contributed by atoms with Gasteiger partial charge in [-0.2, -0.15) is 5.10 Å². The molecule has 176 valence electrons. The number of anilines is 1. The highest BCUT2D eigenvalue weighted by atomic mass is 35.5. The lowest BCUT2D eigenvalue weighted by molar-refractivity contribution is 0.0975. The summed E-state index contributed by atoms with van der Waals surface area (Å²) in [5.74, 6) is -0.842. The zero-order chi connectivity index (χ0) is 23.9. The summed E-state index contributed by atoms with van der Waals surface area (Å²) in [5, 5.41) is 15.3. The van der Waals surface area contributed by atoms with Crippen molar-refractivity contribution in [2.24, 2.45) is 0 Å². The largest absolute Gasteiger partial charge is 0.393 e. The van der Waals surface area contributed by atoms with Gasteiger partial charge in [-0.3, -0.25) is 14.4 Å². The number of carbonyl (C=O) groups is 1. The molecule has 6 rings (SSSR count). The van der Waals surface area contributed by atoms with Crippen LogP contribution in [0.5, 0.6) is 0 Å². The maximum atomic E-state index is 15.5. The molecule has 2 aliphatic heterocycles. The van der Waals surface area contributed by atoms with Crippen LogP contribution in [0.4, 0.5) is 10.1 Å². The zero-order valence-electron chi connectivity index (χ0n) is 18.9. The van der Waals surface area contributed by atoms with Crippen LogP contribution in [0.1, 0.15) is 84.8 Å². The first kappa shape index (κ1) is 22.1. The van der Waals surface area contributed by atoms with Crippen molar-refractivity contribution in [3.8, 4) is 11.1 Å². The van der Waals surface area contributed by atoms with Gasteiger partial charge < -0.3 is 5.11 Å². The van der Waals surface area contributed by atoms with Crippen LogP contribution in [-0.4, -0.2) is 26.9 Å². The van der Waals surface area contributed by atoms with Gasteiger partial charge in [0.1, 0.15) is 0 Å². The molecule has 3 aliphatic rings. The summed E-state index contributed by atoms with van der Waals surface area (Å²) in [5.41, 5.74) is 4.65. The molecule has 3 heterocycles. The molecule has 1 saturated carbocycles. The summed E-state index contributed by atoms with van der Waals surface area (Å²) in [4.78, 5) is 15.4. The predicted octanol–water partition coefficient (Wildman–Crippen LogP) is 6.66. The molecule has 2 aromatic carbocycles. The maximum Gasteiger partial charge on any atom is 0.280 e. The lowest BCUT2D eigenvalue weighted by Crippen LogP contribution is -2.34. The van der Waals surface area contributed by atoms with Crippen LogP contribution in [0.2, 0.25) is 10.0 Å². The van der Waals surface area contributed by atoms with Crippen LogP contribution in [0.15, 0.2) is 30.3 Å². The normalized spacial score (nSPS) is 23.1. The third-order valence-corrected chi connectivity index (χ3v) is 7.93. The van der Waals surface area contributed by atoms with Gasteiger partial charge in [0, 0.05) is 21.8 Å². The number of hydrogen-bond acceptors (Lipinski definition) is 3. The minimum atomic E-state index is -0.617. The third-order valence-electron chi connectivity index (χ3n) is 7.41. The fourth-order valence-electron chi connectivity index (χ4n) is 5.92. The van der Waals surface area contributed by atoms with E-state index in [1.807, 2.05) is 16.8 Å². The molecule has 8 heteroatoms. The van der Waals surface area contributed by atoms with Crippen LogP contribution < -0.4 is 4.90 Å². The van der Waals surface area contributed by atoms with Crippen LogP contribution in [-0.2, 0) is 0 Å². The van der Waals surface area contributed by atoms with E-state index < -0.39 is 11.9 Å². The summed E-state index contributed by atoms with van der Waals surface area (Å²) in [6.45, 7) is 4.19. The summed E-state index contributed by atoms with van der Waals surface area (Å²) >= 11 is 12.5. The Morgan fingerprint density at radius 2 is 1.82 bits per heavy atom. The summed E-state index contributed by atoms with van der Waals surface area (Å²) in [6, 6.07) is 8.43. The van der Waals surface area contributed by atoms with Gasteiger partial charge in [-0.05, 0) is 60.9 Å². The average Bonchev–Trinajstić information content (AvgIpc) is 3.32. The van der Waals surface area contributed by atoms with Gasteiger partial charge in [0.05, 0.1) is 28.9 Å². The predicted molar refractivity (Wildman–Crippen MR) is 130 cm³/mol. The monoisotopic (exact) mass is 499 g/mol. The molecule has 1 aromatic heterocycles. The highest BCUT2D eigenvalue weighted by Gasteiger charge is 2.49. The van der Waals surface area contributed by atoms with Gasteiger partial charge in [-0.1, -0.05) is 49.2 Å². The van der Waals surface area contributed by atoms with E-state index in [0.717, 1.165) is 35.2 Å². The molecule has 3 aromatic rings. The number of aliphatic hydroxyl groups excluding tert-OH is 1. The van der Waals surface area contributed by atoms with Gasteiger partial charge in [0.15, 0.2) is 11.5 Å². The molecule has 34 heavy (non-hydrogen) atoms. The van der Waals surface area contributed by atoms with Crippen LogP contribution in [0, 0.1) is 5.82 Å². The minimum absolute atomic E-state index is 0.0322. The number of nitrogens with zero attached hydrogens (tertiary/aromatic N) is 3. The number of aliphatic hydroxyl groups is 1. The van der Waals surface area contributed by atoms with Crippen molar-refractivity contribution in [2.75, 3.05) is 4.90 Å². The highest BCUT2D eigenvalue weighted by molar-refractivity contribution is 6.32. The third kappa shape index (κ3) is 3.01. The van der Waals surface area contributed by atoms with E-state index in [4.69, 9.17) is 28.3 Å². The molecule has 0 spiro atoms. The van der Waals surface area contributed by atoms with Crippen molar-refractivity contribution in [3.05, 3.63) is 68.7 Å². The molecule has 0 radical (unpaired) electrons. The summed E-state index contributed by atoms with van der Waals surface area (Å²) < 4.78 is 17.5. The Morgan fingerprint density at radius 1 is 1.09 bits per heavy atom. The quantitative estimate of drug-likeness (QED) is 0.428. The van der Waals surface area contributed by atoms with Gasteiger partial charge in [0.25, 0.3) is 5.91 Å². The minimum Gasteiger partial charge on any atom is -0.393 e. The molecular formula is C26H24Cl2FN3O2. The molecule has 1 atom stereocenters. The van der Waals surface area contributed by atoms with E-state index in [0.29, 0.717) is 29.1 Å². The van der Waals surface area contributed by atoms with Crippen molar-refractivity contribution in [2.45, 2.75) is 63.6 Å². The lowest BCUT2D eigenvalue weighted by Gasteiger charge is -2.36. The van der Waals surface area contributed by atoms with Crippen molar-refractivity contribution < 1.29 is 14.3 Å². The van der Waals surface area contributed by atoms with Crippen molar-refractivity contribution in [1.29, 1.82) is 0 Å². The van der Waals surface area contributed by atoms with Crippen LogP contribution in [0.3, 0.4) is 0 Å². The van der Waals surface area contributed by atoms with E-state index in [1.54, 1.807) is 12.1 Å². The molecule has 1 aliphatic carbocycles. The number of aromatic nitrogens is 2. The van der Waals surface area contributed by atoms with E-state index in [1.165, 1.54) is 11.0 Å². The molecule has 0 saturated heterocycles. The summed E-state index contributed by atoms with van der Waals surface area (Å²) in [6.07, 6.45) is 2.77. The molecule has 1 N–H and O–H groups in total. The Morgan fingerprint density at radius 3 is 2.53 bits per heavy atom. The Hall–Kier alpha value is -2.41. The number of halogens is 3. The Bertz CT molecular complexity index is 1340. The van der Waals surface area contributed by atoms with Crippen LogP contribution >= 0.6 is 23.2 Å². The first-order valence-electron chi connectivity index (χ1n) is 11.7. The average molecular weight is 500 g/mol. The van der Waals surface area contributed by atoms with Gasteiger partial charge >= 0.3 is 0 Å². The zero-order valence-corrected chi connectivity index (χ0v) is 20.4. The van der Waals surface area contributed by atoms with Crippen molar-refractivity contribution in [1.82, 2.24) is 9.78 Å². The fourth-order valence-corrected chi connectivity index (χ4v) is 6.25. The molecule has 5 nitrogen and oxygen atoms in total. The Labute approximate surface area is 207 Å². The van der Waals surface area contributed by atoms with E-state index in [2.05, 4.69) is 13.8 Å². The number of rotatable bonds is 2. The van der Waals surface area contributed by atoms with E-state index >= 15 is 4.39 Å². The topological polar surface area (TPSA) is 58.4 Å². The standard InChI is InChI=1S/C26H24Cl2FN3O2/c1-12(2)23-20-22(30-32(23)14-4-6-15(33)7-5-14)26(34)31-24(20)16-8-3-13(27)11-18(16)17-9-10-19(28)21(29)25(17)31/h3,8-12,14-15,24,33H,4-7H2,1-2H3. The molecule has 1 amide bonds. The van der Waals surface area contributed by atoms with E-state index in [9.17, 15) is 9.90 Å². The number of fused-ring (bicyclic) bond motifs is 8. The highest BCUT2D eigenvalue weighted by Crippen LogP contribution is 2.55. The Balaban J connectivity index is 1.61. The van der Waals surface area contributed by atoms with Crippen molar-refractivity contribution in [3.63, 3.8) is 0 Å². The molecule has 0 bridgehead atoms.